The van der Waals surface area contributed by atoms with Gasteiger partial charge in [0.25, 0.3) is 0 Å². The van der Waals surface area contributed by atoms with E-state index < -0.39 is 5.41 Å². The highest BCUT2D eigenvalue weighted by molar-refractivity contribution is 6.00. The van der Waals surface area contributed by atoms with Crippen molar-refractivity contribution in [1.82, 2.24) is 0 Å². The van der Waals surface area contributed by atoms with Crippen LogP contribution in [-0.4, -0.2) is 18.4 Å². The quantitative estimate of drug-likeness (QED) is 0.550. The molecule has 20 heavy (non-hydrogen) atoms. The lowest BCUT2D eigenvalue weighted by Crippen LogP contribution is -2.31. The number of allylic oxidation sites excluding steroid dienone is 5. The van der Waals surface area contributed by atoms with Crippen molar-refractivity contribution < 1.29 is 14.3 Å². The lowest BCUT2D eigenvalue weighted by atomic mass is 9.79. The van der Waals surface area contributed by atoms with Crippen LogP contribution >= 0.6 is 0 Å². The standard InChI is InChI=1S/C17H24O3/c1-5-7-8-9-13(3)10-14-11-15(18)12-17(14,4)16(19)20-6-2/h5,7-9,11,13H,6,10,12H2,1-4H3/b7-5+,9-8+/t13-,17+/m1/s1. The van der Waals surface area contributed by atoms with Crippen LogP contribution in [0.5, 0.6) is 0 Å². The summed E-state index contributed by atoms with van der Waals surface area (Å²) in [6, 6.07) is 0. The summed E-state index contributed by atoms with van der Waals surface area (Å²) in [6.07, 6.45) is 10.6. The number of esters is 1. The van der Waals surface area contributed by atoms with E-state index in [0.29, 0.717) is 13.0 Å². The monoisotopic (exact) mass is 276 g/mol. The van der Waals surface area contributed by atoms with Crippen LogP contribution in [0.1, 0.15) is 40.5 Å². The Morgan fingerprint density at radius 1 is 1.50 bits per heavy atom. The van der Waals surface area contributed by atoms with E-state index in [1.54, 1.807) is 13.0 Å². The molecule has 3 heteroatoms. The highest BCUT2D eigenvalue weighted by atomic mass is 16.5. The number of ketones is 1. The summed E-state index contributed by atoms with van der Waals surface area (Å²) in [6.45, 7) is 7.97. The van der Waals surface area contributed by atoms with Gasteiger partial charge in [0.15, 0.2) is 5.78 Å². The average Bonchev–Trinajstić information content (AvgIpc) is 2.66. The van der Waals surface area contributed by atoms with Crippen molar-refractivity contribution in [1.29, 1.82) is 0 Å². The van der Waals surface area contributed by atoms with Gasteiger partial charge in [0.1, 0.15) is 0 Å². The third-order valence-corrected chi connectivity index (χ3v) is 3.58. The molecule has 0 aromatic rings. The lowest BCUT2D eigenvalue weighted by Gasteiger charge is -2.26. The van der Waals surface area contributed by atoms with E-state index in [1.807, 2.05) is 32.1 Å². The van der Waals surface area contributed by atoms with Gasteiger partial charge in [0.05, 0.1) is 12.0 Å². The molecule has 1 aliphatic rings. The molecule has 0 aromatic heterocycles. The molecule has 0 heterocycles. The Balaban J connectivity index is 2.82. The summed E-state index contributed by atoms with van der Waals surface area (Å²) in [5.74, 6) is -0.000906. The van der Waals surface area contributed by atoms with Crippen LogP contribution < -0.4 is 0 Å². The van der Waals surface area contributed by atoms with Gasteiger partial charge in [-0.3, -0.25) is 9.59 Å². The summed E-state index contributed by atoms with van der Waals surface area (Å²) in [5.41, 5.74) is 0.106. The highest BCUT2D eigenvalue weighted by Crippen LogP contribution is 2.41. The maximum Gasteiger partial charge on any atom is 0.316 e. The third kappa shape index (κ3) is 3.92. The molecule has 0 fully saturated rings. The Morgan fingerprint density at radius 2 is 2.20 bits per heavy atom. The normalized spacial score (nSPS) is 24.4. The zero-order valence-electron chi connectivity index (χ0n) is 12.8. The van der Waals surface area contributed by atoms with Crippen molar-refractivity contribution in [2.75, 3.05) is 6.61 Å². The van der Waals surface area contributed by atoms with E-state index in [9.17, 15) is 9.59 Å². The van der Waals surface area contributed by atoms with Crippen LogP contribution in [0.25, 0.3) is 0 Å². The summed E-state index contributed by atoms with van der Waals surface area (Å²) >= 11 is 0. The number of hydrogen-bond donors (Lipinski definition) is 0. The van der Waals surface area contributed by atoms with Gasteiger partial charge >= 0.3 is 5.97 Å². The molecule has 1 aliphatic carbocycles. The Hall–Kier alpha value is -1.64. The Morgan fingerprint density at radius 3 is 2.80 bits per heavy atom. The van der Waals surface area contributed by atoms with E-state index in [0.717, 1.165) is 5.57 Å². The van der Waals surface area contributed by atoms with Crippen molar-refractivity contribution in [3.05, 3.63) is 36.0 Å². The largest absolute Gasteiger partial charge is 0.465 e. The minimum absolute atomic E-state index is 0.0141. The Labute approximate surface area is 121 Å². The van der Waals surface area contributed by atoms with Crippen molar-refractivity contribution in [2.45, 2.75) is 40.5 Å². The molecule has 110 valence electrons. The van der Waals surface area contributed by atoms with Crippen molar-refractivity contribution in [2.24, 2.45) is 11.3 Å². The second-order valence-corrected chi connectivity index (χ2v) is 5.46. The SMILES string of the molecule is C/C=C/C=C/[C@@H](C)CC1=CC(=O)C[C@]1(C)C(=O)OCC. The highest BCUT2D eigenvalue weighted by Gasteiger charge is 2.44. The molecule has 3 nitrogen and oxygen atoms in total. The zero-order valence-corrected chi connectivity index (χ0v) is 12.8. The Bertz CT molecular complexity index is 457. The summed E-state index contributed by atoms with van der Waals surface area (Å²) in [7, 11) is 0. The first-order valence-corrected chi connectivity index (χ1v) is 7.14. The average molecular weight is 276 g/mol. The van der Waals surface area contributed by atoms with Gasteiger partial charge in [-0.25, -0.2) is 0 Å². The van der Waals surface area contributed by atoms with Crippen LogP contribution in [0.3, 0.4) is 0 Å². The van der Waals surface area contributed by atoms with Gasteiger partial charge in [-0.1, -0.05) is 31.2 Å². The molecule has 0 bridgehead atoms. The van der Waals surface area contributed by atoms with E-state index in [4.69, 9.17) is 4.74 Å². The first-order valence-electron chi connectivity index (χ1n) is 7.14. The zero-order chi connectivity index (χ0) is 15.2. The van der Waals surface area contributed by atoms with Crippen LogP contribution in [0.15, 0.2) is 36.0 Å². The van der Waals surface area contributed by atoms with Crippen LogP contribution in [-0.2, 0) is 14.3 Å². The minimum atomic E-state index is -0.782. The predicted octanol–water partition coefficient (Wildman–Crippen LogP) is 3.61. The lowest BCUT2D eigenvalue weighted by molar-refractivity contribution is -0.153. The molecule has 0 saturated heterocycles. The number of ether oxygens (including phenoxy) is 1. The van der Waals surface area contributed by atoms with E-state index in [1.165, 1.54) is 0 Å². The number of hydrogen-bond acceptors (Lipinski definition) is 3. The van der Waals surface area contributed by atoms with Crippen molar-refractivity contribution in [3.63, 3.8) is 0 Å². The smallest absolute Gasteiger partial charge is 0.316 e. The van der Waals surface area contributed by atoms with Crippen molar-refractivity contribution in [3.8, 4) is 0 Å². The molecule has 2 atom stereocenters. The van der Waals surface area contributed by atoms with Gasteiger partial charge in [0, 0.05) is 6.42 Å². The summed E-state index contributed by atoms with van der Waals surface area (Å²) in [4.78, 5) is 23.8. The fourth-order valence-electron chi connectivity index (χ4n) is 2.42. The van der Waals surface area contributed by atoms with Gasteiger partial charge in [0.2, 0.25) is 0 Å². The second kappa shape index (κ2) is 7.22. The molecule has 0 N–H and O–H groups in total. The van der Waals surface area contributed by atoms with Crippen LogP contribution in [0, 0.1) is 11.3 Å². The van der Waals surface area contributed by atoms with Gasteiger partial charge in [-0.15, -0.1) is 0 Å². The summed E-state index contributed by atoms with van der Waals surface area (Å²) < 4.78 is 5.13. The predicted molar refractivity (Wildman–Crippen MR) is 80.2 cm³/mol. The molecule has 0 amide bonds. The van der Waals surface area contributed by atoms with Crippen LogP contribution in [0.4, 0.5) is 0 Å². The van der Waals surface area contributed by atoms with Gasteiger partial charge < -0.3 is 4.74 Å². The first-order chi connectivity index (χ1) is 9.43. The fraction of sp³-hybridized carbons (Fsp3) is 0.529. The second-order valence-electron chi connectivity index (χ2n) is 5.46. The van der Waals surface area contributed by atoms with E-state index in [-0.39, 0.29) is 24.1 Å². The molecule has 0 aliphatic heterocycles. The minimum Gasteiger partial charge on any atom is -0.465 e. The van der Waals surface area contributed by atoms with Gasteiger partial charge in [-0.05, 0) is 44.8 Å². The van der Waals surface area contributed by atoms with E-state index >= 15 is 0 Å². The fourth-order valence-corrected chi connectivity index (χ4v) is 2.42. The maximum absolute atomic E-state index is 12.1. The van der Waals surface area contributed by atoms with Crippen molar-refractivity contribution >= 4 is 11.8 Å². The topological polar surface area (TPSA) is 43.4 Å². The number of carbonyl (C=O) groups is 2. The number of rotatable bonds is 6. The Kier molecular flexibility index (Phi) is 5.93. The summed E-state index contributed by atoms with van der Waals surface area (Å²) in [5, 5.41) is 0. The molecule has 0 spiro atoms. The molecule has 0 radical (unpaired) electrons. The molecule has 0 saturated carbocycles. The molecular weight excluding hydrogens is 252 g/mol. The first kappa shape index (κ1) is 16.4. The maximum atomic E-state index is 12.1. The number of carbonyl (C=O) groups excluding carboxylic acids is 2. The molecule has 0 aromatic carbocycles. The molecular formula is C17H24O3. The van der Waals surface area contributed by atoms with Crippen LogP contribution in [0.2, 0.25) is 0 Å². The molecule has 0 unspecified atom stereocenters. The van der Waals surface area contributed by atoms with E-state index in [2.05, 4.69) is 13.0 Å². The molecule has 1 rings (SSSR count). The third-order valence-electron chi connectivity index (χ3n) is 3.58. The van der Waals surface area contributed by atoms with Gasteiger partial charge in [-0.2, -0.15) is 0 Å².